The van der Waals surface area contributed by atoms with E-state index in [1.807, 2.05) is 38.1 Å². The van der Waals surface area contributed by atoms with Gasteiger partial charge in [0.15, 0.2) is 0 Å². The van der Waals surface area contributed by atoms with Gasteiger partial charge in [-0.25, -0.2) is 13.2 Å². The Morgan fingerprint density at radius 1 is 0.967 bits per heavy atom. The van der Waals surface area contributed by atoms with Gasteiger partial charge in [-0.15, -0.1) is 0 Å². The number of carbonyl (C=O) groups excluding carboxylic acids is 1. The average Bonchev–Trinajstić information content (AvgIpc) is 2.71. The molecule has 6 heteroatoms. The van der Waals surface area contributed by atoms with Crippen LogP contribution in [0.15, 0.2) is 59.5 Å². The van der Waals surface area contributed by atoms with Gasteiger partial charge in [0, 0.05) is 19.2 Å². The molecule has 0 amide bonds. The van der Waals surface area contributed by atoms with Crippen molar-refractivity contribution in [3.63, 3.8) is 0 Å². The zero-order valence-electron chi connectivity index (χ0n) is 18.4. The Bertz CT molecular complexity index is 965. The van der Waals surface area contributed by atoms with Crippen molar-refractivity contribution in [2.24, 2.45) is 0 Å². The Morgan fingerprint density at radius 3 is 2.03 bits per heavy atom. The molecule has 0 spiro atoms. The highest BCUT2D eigenvalue weighted by Crippen LogP contribution is 2.22. The van der Waals surface area contributed by atoms with Crippen LogP contribution in [0.4, 0.5) is 0 Å². The summed E-state index contributed by atoms with van der Waals surface area (Å²) in [4.78, 5) is 12.2. The second-order valence-electron chi connectivity index (χ2n) is 8.05. The SMILES string of the molecule is CCN(CC)S(=O)(=O)c1ccc(C=CC(=O)OCc2ccc(C(C)(C)C)cc2)cc1. The zero-order valence-corrected chi connectivity index (χ0v) is 19.2. The van der Waals surface area contributed by atoms with Gasteiger partial charge in [-0.2, -0.15) is 4.31 Å². The summed E-state index contributed by atoms with van der Waals surface area (Å²) < 4.78 is 31.7. The topological polar surface area (TPSA) is 63.7 Å². The van der Waals surface area contributed by atoms with Crippen LogP contribution in [0.3, 0.4) is 0 Å². The number of nitrogens with zero attached hydrogens (tertiary/aromatic N) is 1. The van der Waals surface area contributed by atoms with E-state index in [0.29, 0.717) is 13.1 Å². The third-order valence-corrected chi connectivity index (χ3v) is 6.90. The second-order valence-corrected chi connectivity index (χ2v) is 9.98. The molecule has 0 aliphatic rings. The molecular weight excluding hydrogens is 398 g/mol. The van der Waals surface area contributed by atoms with Crippen LogP contribution in [-0.2, 0) is 31.6 Å². The minimum atomic E-state index is -3.48. The molecule has 30 heavy (non-hydrogen) atoms. The quantitative estimate of drug-likeness (QED) is 0.448. The van der Waals surface area contributed by atoms with Crippen molar-refractivity contribution in [3.05, 3.63) is 71.3 Å². The molecule has 0 aliphatic heterocycles. The summed E-state index contributed by atoms with van der Waals surface area (Å²) in [5.74, 6) is -0.449. The van der Waals surface area contributed by atoms with Crippen molar-refractivity contribution < 1.29 is 17.9 Å². The van der Waals surface area contributed by atoms with E-state index in [-0.39, 0.29) is 16.9 Å². The van der Waals surface area contributed by atoms with Crippen LogP contribution in [0.25, 0.3) is 6.08 Å². The van der Waals surface area contributed by atoms with Crippen LogP contribution >= 0.6 is 0 Å². The summed E-state index contributed by atoms with van der Waals surface area (Å²) >= 11 is 0. The molecule has 0 atom stereocenters. The molecule has 0 unspecified atom stereocenters. The van der Waals surface area contributed by atoms with Gasteiger partial charge in [0.2, 0.25) is 10.0 Å². The summed E-state index contributed by atoms with van der Waals surface area (Å²) in [6.45, 7) is 11.1. The highest BCUT2D eigenvalue weighted by molar-refractivity contribution is 7.89. The molecule has 162 valence electrons. The van der Waals surface area contributed by atoms with E-state index < -0.39 is 16.0 Å². The summed E-state index contributed by atoms with van der Waals surface area (Å²) in [5.41, 5.74) is 2.96. The van der Waals surface area contributed by atoms with Crippen molar-refractivity contribution in [1.29, 1.82) is 0 Å². The van der Waals surface area contributed by atoms with E-state index in [9.17, 15) is 13.2 Å². The molecule has 0 N–H and O–H groups in total. The van der Waals surface area contributed by atoms with Gasteiger partial charge in [-0.1, -0.05) is 71.0 Å². The van der Waals surface area contributed by atoms with Gasteiger partial charge in [0.25, 0.3) is 0 Å². The minimum absolute atomic E-state index is 0.0815. The lowest BCUT2D eigenvalue weighted by Gasteiger charge is -2.19. The van der Waals surface area contributed by atoms with E-state index >= 15 is 0 Å². The van der Waals surface area contributed by atoms with E-state index in [1.54, 1.807) is 30.3 Å². The number of benzene rings is 2. The van der Waals surface area contributed by atoms with E-state index in [1.165, 1.54) is 15.9 Å². The monoisotopic (exact) mass is 429 g/mol. The lowest BCUT2D eigenvalue weighted by Crippen LogP contribution is -2.30. The molecule has 0 saturated carbocycles. The number of hydrogen-bond acceptors (Lipinski definition) is 4. The minimum Gasteiger partial charge on any atom is -0.458 e. The van der Waals surface area contributed by atoms with Gasteiger partial charge in [-0.3, -0.25) is 0 Å². The smallest absolute Gasteiger partial charge is 0.331 e. The maximum atomic E-state index is 12.5. The fourth-order valence-electron chi connectivity index (χ4n) is 2.93. The first-order valence-corrected chi connectivity index (χ1v) is 11.6. The van der Waals surface area contributed by atoms with Crippen molar-refractivity contribution in [3.8, 4) is 0 Å². The summed E-state index contributed by atoms with van der Waals surface area (Å²) in [6, 6.07) is 14.5. The standard InChI is InChI=1S/C24H31NO4S/c1-6-25(7-2)30(27,28)22-15-10-19(11-16-22)12-17-23(26)29-18-20-8-13-21(14-9-20)24(3,4)5/h8-17H,6-7,18H2,1-5H3. The highest BCUT2D eigenvalue weighted by atomic mass is 32.2. The third-order valence-electron chi connectivity index (χ3n) is 4.84. The Balaban J connectivity index is 1.95. The number of hydrogen-bond donors (Lipinski definition) is 0. The molecule has 0 saturated heterocycles. The maximum absolute atomic E-state index is 12.5. The number of carbonyl (C=O) groups is 1. The van der Waals surface area contributed by atoms with Crippen molar-refractivity contribution in [1.82, 2.24) is 4.31 Å². The van der Waals surface area contributed by atoms with Gasteiger partial charge < -0.3 is 4.74 Å². The summed E-state index contributed by atoms with van der Waals surface area (Å²) in [6.07, 6.45) is 2.95. The van der Waals surface area contributed by atoms with Crippen LogP contribution in [-0.4, -0.2) is 31.8 Å². The Labute approximate surface area is 180 Å². The first kappa shape index (κ1) is 23.8. The Kier molecular flexibility index (Phi) is 7.98. The molecule has 2 rings (SSSR count). The van der Waals surface area contributed by atoms with Crippen molar-refractivity contribution >= 4 is 22.1 Å². The lowest BCUT2D eigenvalue weighted by molar-refractivity contribution is -0.138. The largest absolute Gasteiger partial charge is 0.458 e. The molecule has 0 aliphatic carbocycles. The molecule has 0 radical (unpaired) electrons. The van der Waals surface area contributed by atoms with Crippen LogP contribution in [0.2, 0.25) is 0 Å². The fourth-order valence-corrected chi connectivity index (χ4v) is 4.39. The number of esters is 1. The van der Waals surface area contributed by atoms with E-state index in [2.05, 4.69) is 20.8 Å². The second kappa shape index (κ2) is 10.0. The van der Waals surface area contributed by atoms with E-state index in [4.69, 9.17) is 4.74 Å². The lowest BCUT2D eigenvalue weighted by atomic mass is 9.87. The molecule has 2 aromatic rings. The first-order valence-electron chi connectivity index (χ1n) is 10.1. The highest BCUT2D eigenvalue weighted by Gasteiger charge is 2.21. The normalized spacial score (nSPS) is 12.5. The third kappa shape index (κ3) is 6.28. The molecular formula is C24H31NO4S. The zero-order chi connectivity index (χ0) is 22.4. The van der Waals surface area contributed by atoms with Gasteiger partial charge in [0.05, 0.1) is 4.90 Å². The predicted octanol–water partition coefficient (Wildman–Crippen LogP) is 4.77. The molecule has 0 bridgehead atoms. The van der Waals surface area contributed by atoms with Gasteiger partial charge >= 0.3 is 5.97 Å². The Hall–Kier alpha value is -2.44. The van der Waals surface area contributed by atoms with E-state index in [0.717, 1.165) is 11.1 Å². The summed E-state index contributed by atoms with van der Waals surface area (Å²) in [5, 5.41) is 0. The fraction of sp³-hybridized carbons (Fsp3) is 0.375. The van der Waals surface area contributed by atoms with Crippen molar-refractivity contribution in [2.75, 3.05) is 13.1 Å². The summed E-state index contributed by atoms with van der Waals surface area (Å²) in [7, 11) is -3.48. The molecule has 0 aromatic heterocycles. The maximum Gasteiger partial charge on any atom is 0.331 e. The van der Waals surface area contributed by atoms with Crippen LogP contribution in [0.1, 0.15) is 51.3 Å². The molecule has 0 fully saturated rings. The van der Waals surface area contributed by atoms with Crippen LogP contribution in [0, 0.1) is 0 Å². The molecule has 5 nitrogen and oxygen atoms in total. The Morgan fingerprint density at radius 2 is 1.53 bits per heavy atom. The molecule has 0 heterocycles. The number of sulfonamides is 1. The van der Waals surface area contributed by atoms with Crippen LogP contribution < -0.4 is 0 Å². The molecule has 2 aromatic carbocycles. The predicted molar refractivity (Wildman–Crippen MR) is 121 cm³/mol. The van der Waals surface area contributed by atoms with Gasteiger partial charge in [-0.05, 0) is 40.3 Å². The first-order chi connectivity index (χ1) is 14.1. The van der Waals surface area contributed by atoms with Crippen molar-refractivity contribution in [2.45, 2.75) is 51.5 Å². The van der Waals surface area contributed by atoms with Gasteiger partial charge in [0.1, 0.15) is 6.61 Å². The number of rotatable bonds is 8. The number of ether oxygens (including phenoxy) is 1. The van der Waals surface area contributed by atoms with Crippen LogP contribution in [0.5, 0.6) is 0 Å². The average molecular weight is 430 g/mol.